The molecule has 0 aromatic heterocycles. The number of nitrogens with zero attached hydrogens (tertiary/aromatic N) is 2. The number of hydrogen-bond donors (Lipinski definition) is 0. The highest BCUT2D eigenvalue weighted by molar-refractivity contribution is 6.12. The molecule has 0 amide bonds. The van der Waals surface area contributed by atoms with Gasteiger partial charge in [0.05, 0.1) is 5.71 Å². The van der Waals surface area contributed by atoms with Crippen molar-refractivity contribution >= 4 is 5.71 Å². The predicted octanol–water partition coefficient (Wildman–Crippen LogP) is 3.43. The lowest BCUT2D eigenvalue weighted by molar-refractivity contribution is 0.397. The van der Waals surface area contributed by atoms with Crippen molar-refractivity contribution in [3.8, 4) is 0 Å². The molecule has 2 nitrogen and oxygen atoms in total. The lowest BCUT2D eigenvalue weighted by Crippen LogP contribution is -2.25. The van der Waals surface area contributed by atoms with Crippen LogP contribution in [0.25, 0.3) is 0 Å². The van der Waals surface area contributed by atoms with Crippen LogP contribution in [0.1, 0.15) is 25.0 Å². The molecule has 2 aromatic carbocycles. The van der Waals surface area contributed by atoms with Crippen molar-refractivity contribution in [3.63, 3.8) is 0 Å². The minimum Gasteiger partial charge on any atom is -0.268 e. The molecule has 0 aliphatic carbocycles. The molecular formula is C18H18N2. The van der Waals surface area contributed by atoms with E-state index in [4.69, 9.17) is 4.99 Å². The Morgan fingerprint density at radius 2 is 1.50 bits per heavy atom. The fourth-order valence-electron chi connectivity index (χ4n) is 3.85. The summed E-state index contributed by atoms with van der Waals surface area (Å²) in [7, 11) is 0. The highest BCUT2D eigenvalue weighted by Gasteiger charge is 2.69. The van der Waals surface area contributed by atoms with Crippen LogP contribution in [0.4, 0.5) is 0 Å². The zero-order chi connectivity index (χ0) is 13.7. The van der Waals surface area contributed by atoms with Crippen molar-refractivity contribution in [2.75, 3.05) is 0 Å². The van der Waals surface area contributed by atoms with Crippen LogP contribution in [0.5, 0.6) is 0 Å². The first-order valence-electron chi connectivity index (χ1n) is 7.24. The van der Waals surface area contributed by atoms with Crippen molar-refractivity contribution in [2.24, 2.45) is 4.99 Å². The van der Waals surface area contributed by atoms with Crippen molar-refractivity contribution in [1.29, 1.82) is 0 Å². The maximum Gasteiger partial charge on any atom is 0.107 e. The lowest BCUT2D eigenvalue weighted by atomic mass is 9.87. The second-order valence-electron chi connectivity index (χ2n) is 5.69. The van der Waals surface area contributed by atoms with E-state index in [0.29, 0.717) is 6.04 Å². The summed E-state index contributed by atoms with van der Waals surface area (Å²) in [5.74, 6) is 0. The summed E-state index contributed by atoms with van der Waals surface area (Å²) in [4.78, 5) is 7.44. The second kappa shape index (κ2) is 4.03. The maximum atomic E-state index is 4.93. The Hall–Kier alpha value is -1.93. The van der Waals surface area contributed by atoms with E-state index in [2.05, 4.69) is 79.4 Å². The Morgan fingerprint density at radius 3 is 2.10 bits per heavy atom. The molecule has 0 N–H and O–H groups in total. The van der Waals surface area contributed by atoms with E-state index in [1.165, 1.54) is 16.8 Å². The first kappa shape index (κ1) is 11.9. The topological polar surface area (TPSA) is 15.4 Å². The van der Waals surface area contributed by atoms with Gasteiger partial charge in [0.25, 0.3) is 0 Å². The number of benzene rings is 2. The summed E-state index contributed by atoms with van der Waals surface area (Å²) >= 11 is 0. The van der Waals surface area contributed by atoms with Gasteiger partial charge in [-0.3, -0.25) is 9.89 Å². The number of fused-ring (bicyclic) bond motifs is 1. The smallest absolute Gasteiger partial charge is 0.107 e. The van der Waals surface area contributed by atoms with Crippen LogP contribution in [0.3, 0.4) is 0 Å². The molecular weight excluding hydrogens is 244 g/mol. The molecule has 0 spiro atoms. The number of aliphatic imine (C=N–C) groups is 1. The molecule has 2 heteroatoms. The molecule has 100 valence electrons. The Bertz CT molecular complexity index is 662. The quantitative estimate of drug-likeness (QED) is 0.757. The molecule has 4 atom stereocenters. The molecule has 4 rings (SSSR count). The van der Waals surface area contributed by atoms with E-state index in [-0.39, 0.29) is 11.7 Å². The van der Waals surface area contributed by atoms with Crippen LogP contribution in [-0.2, 0) is 5.54 Å². The van der Waals surface area contributed by atoms with Crippen molar-refractivity contribution < 1.29 is 0 Å². The van der Waals surface area contributed by atoms with Gasteiger partial charge in [0.15, 0.2) is 0 Å². The summed E-state index contributed by atoms with van der Waals surface area (Å²) in [6.45, 7) is 4.50. The molecule has 1 fully saturated rings. The molecule has 1 unspecified atom stereocenters. The molecule has 1 saturated heterocycles. The second-order valence-corrected chi connectivity index (χ2v) is 5.69. The summed E-state index contributed by atoms with van der Waals surface area (Å²) in [6.07, 6.45) is 0.264. The molecule has 0 saturated carbocycles. The number of rotatable bonds is 2. The van der Waals surface area contributed by atoms with E-state index < -0.39 is 0 Å². The van der Waals surface area contributed by atoms with Crippen LogP contribution >= 0.6 is 0 Å². The van der Waals surface area contributed by atoms with Crippen molar-refractivity contribution in [2.45, 2.75) is 31.6 Å². The fourth-order valence-corrected chi connectivity index (χ4v) is 3.85. The van der Waals surface area contributed by atoms with Gasteiger partial charge in [-0.25, -0.2) is 0 Å². The summed E-state index contributed by atoms with van der Waals surface area (Å²) in [6, 6.07) is 21.9. The first-order chi connectivity index (χ1) is 9.76. The van der Waals surface area contributed by atoms with E-state index in [1.54, 1.807) is 0 Å². The molecule has 2 aliphatic rings. The van der Waals surface area contributed by atoms with Gasteiger partial charge in [-0.1, -0.05) is 60.7 Å². The Morgan fingerprint density at radius 1 is 0.900 bits per heavy atom. The van der Waals surface area contributed by atoms with Gasteiger partial charge >= 0.3 is 0 Å². The third kappa shape index (κ3) is 1.35. The lowest BCUT2D eigenvalue weighted by Gasteiger charge is -2.16. The average molecular weight is 262 g/mol. The predicted molar refractivity (Wildman–Crippen MR) is 81.9 cm³/mol. The monoisotopic (exact) mass is 262 g/mol. The van der Waals surface area contributed by atoms with E-state index >= 15 is 0 Å². The minimum atomic E-state index is -0.0119. The fraction of sp³-hybridized carbons (Fsp3) is 0.278. The SMILES string of the molecule is C[C@@H]1N=C(c2ccccc2)[C@@]2(c3ccccc3)[C@@H](C)N12. The van der Waals surface area contributed by atoms with Gasteiger partial charge in [0.1, 0.15) is 11.7 Å². The van der Waals surface area contributed by atoms with Crippen LogP contribution < -0.4 is 0 Å². The van der Waals surface area contributed by atoms with E-state index in [1.807, 2.05) is 0 Å². The van der Waals surface area contributed by atoms with Crippen molar-refractivity contribution in [1.82, 2.24) is 4.90 Å². The normalized spacial score (nSPS) is 34.5. The zero-order valence-electron chi connectivity index (χ0n) is 11.8. The van der Waals surface area contributed by atoms with Crippen molar-refractivity contribution in [3.05, 3.63) is 71.8 Å². The van der Waals surface area contributed by atoms with Gasteiger partial charge in [-0.15, -0.1) is 0 Å². The van der Waals surface area contributed by atoms with Gasteiger partial charge in [-0.05, 0) is 25.0 Å². The first-order valence-corrected chi connectivity index (χ1v) is 7.24. The Labute approximate surface area is 119 Å². The maximum absolute atomic E-state index is 4.93. The largest absolute Gasteiger partial charge is 0.268 e. The Kier molecular flexibility index (Phi) is 2.39. The third-order valence-electron chi connectivity index (χ3n) is 4.70. The molecule has 0 radical (unpaired) electrons. The molecule has 20 heavy (non-hydrogen) atoms. The van der Waals surface area contributed by atoms with E-state index in [0.717, 1.165) is 0 Å². The highest BCUT2D eigenvalue weighted by Crippen LogP contribution is 2.57. The third-order valence-corrected chi connectivity index (χ3v) is 4.70. The average Bonchev–Trinajstić information content (AvgIpc) is 2.99. The summed E-state index contributed by atoms with van der Waals surface area (Å²) in [5.41, 5.74) is 3.82. The molecule has 0 bridgehead atoms. The Balaban J connectivity index is 1.88. The van der Waals surface area contributed by atoms with Crippen LogP contribution in [0.15, 0.2) is 65.7 Å². The van der Waals surface area contributed by atoms with Crippen LogP contribution in [0.2, 0.25) is 0 Å². The van der Waals surface area contributed by atoms with Gasteiger partial charge in [0, 0.05) is 6.04 Å². The molecule has 2 aromatic rings. The summed E-state index contributed by atoms with van der Waals surface area (Å²) < 4.78 is 0. The van der Waals surface area contributed by atoms with Gasteiger partial charge in [0.2, 0.25) is 0 Å². The molecule has 2 heterocycles. The standard InChI is InChI=1S/C18H18N2/c1-13-18(16-11-7-4-8-12-16)17(19-14(2)20(13)18)15-9-5-3-6-10-15/h3-14H,1-2H3/t13-,14-,18+,20?/m1/s1. The highest BCUT2D eigenvalue weighted by atomic mass is 15.5. The number of hydrogen-bond acceptors (Lipinski definition) is 2. The van der Waals surface area contributed by atoms with Crippen LogP contribution in [0, 0.1) is 0 Å². The van der Waals surface area contributed by atoms with Gasteiger partial charge < -0.3 is 0 Å². The molecule has 2 aliphatic heterocycles. The summed E-state index contributed by atoms with van der Waals surface area (Å²) in [5, 5.41) is 0. The zero-order valence-corrected chi connectivity index (χ0v) is 11.8. The van der Waals surface area contributed by atoms with E-state index in [9.17, 15) is 0 Å². The minimum absolute atomic E-state index is 0.0119. The van der Waals surface area contributed by atoms with Crippen LogP contribution in [-0.4, -0.2) is 22.8 Å². The van der Waals surface area contributed by atoms with Gasteiger partial charge in [-0.2, -0.15) is 0 Å².